The molecule has 6 nitrogen and oxygen atoms in total. The zero-order valence-electron chi connectivity index (χ0n) is 15.4. The van der Waals surface area contributed by atoms with E-state index in [1.54, 1.807) is 0 Å². The SMILES string of the molecule is CCOc1ccc2c(c1)c(C)c(C(=O)NCCCNC(C)=O)n2CC. The summed E-state index contributed by atoms with van der Waals surface area (Å²) < 4.78 is 7.61. The number of hydrogen-bond donors (Lipinski definition) is 2. The molecule has 0 saturated heterocycles. The Morgan fingerprint density at radius 1 is 1.16 bits per heavy atom. The smallest absolute Gasteiger partial charge is 0.268 e. The van der Waals surface area contributed by atoms with Crippen LogP contribution in [0.15, 0.2) is 18.2 Å². The van der Waals surface area contributed by atoms with Crippen LogP contribution in [-0.4, -0.2) is 36.1 Å². The van der Waals surface area contributed by atoms with Crippen molar-refractivity contribution >= 4 is 22.7 Å². The van der Waals surface area contributed by atoms with Gasteiger partial charge in [0, 0.05) is 37.5 Å². The van der Waals surface area contributed by atoms with E-state index in [9.17, 15) is 9.59 Å². The van der Waals surface area contributed by atoms with Gasteiger partial charge in [0.2, 0.25) is 5.91 Å². The number of aryl methyl sites for hydroxylation is 2. The van der Waals surface area contributed by atoms with E-state index in [1.165, 1.54) is 6.92 Å². The lowest BCUT2D eigenvalue weighted by Gasteiger charge is -2.10. The fraction of sp³-hybridized carbons (Fsp3) is 0.474. The molecule has 0 saturated carbocycles. The number of ether oxygens (including phenoxy) is 1. The van der Waals surface area contributed by atoms with Gasteiger partial charge in [-0.25, -0.2) is 0 Å². The maximum absolute atomic E-state index is 12.7. The molecule has 2 amide bonds. The van der Waals surface area contributed by atoms with E-state index in [0.717, 1.165) is 22.2 Å². The maximum atomic E-state index is 12.7. The van der Waals surface area contributed by atoms with Crippen LogP contribution in [-0.2, 0) is 11.3 Å². The van der Waals surface area contributed by atoms with E-state index in [0.29, 0.717) is 38.4 Å². The van der Waals surface area contributed by atoms with Gasteiger partial charge in [0.15, 0.2) is 0 Å². The number of hydrogen-bond acceptors (Lipinski definition) is 3. The molecule has 0 bridgehead atoms. The van der Waals surface area contributed by atoms with E-state index < -0.39 is 0 Å². The number of carbonyl (C=O) groups excluding carboxylic acids is 2. The molecule has 1 heterocycles. The zero-order chi connectivity index (χ0) is 18.4. The van der Waals surface area contributed by atoms with Crippen molar-refractivity contribution in [2.75, 3.05) is 19.7 Å². The topological polar surface area (TPSA) is 72.4 Å². The van der Waals surface area contributed by atoms with Crippen LogP contribution in [0.25, 0.3) is 10.9 Å². The molecule has 0 aliphatic carbocycles. The molecule has 0 fully saturated rings. The minimum atomic E-state index is -0.0867. The molecule has 2 aromatic rings. The first kappa shape index (κ1) is 18.8. The molecule has 0 unspecified atom stereocenters. The molecule has 0 aliphatic rings. The highest BCUT2D eigenvalue weighted by Crippen LogP contribution is 2.29. The highest BCUT2D eigenvalue weighted by molar-refractivity contribution is 6.02. The summed E-state index contributed by atoms with van der Waals surface area (Å²) in [5, 5.41) is 6.71. The van der Waals surface area contributed by atoms with Crippen LogP contribution >= 0.6 is 0 Å². The molecular weight excluding hydrogens is 318 g/mol. The standard InChI is InChI=1S/C19H27N3O3/c1-5-22-17-9-8-15(25-6-2)12-16(17)13(3)18(22)19(24)21-11-7-10-20-14(4)23/h8-9,12H,5-7,10-11H2,1-4H3,(H,20,23)(H,21,24). The van der Waals surface area contributed by atoms with Crippen LogP contribution in [0.3, 0.4) is 0 Å². The summed E-state index contributed by atoms with van der Waals surface area (Å²) in [5.74, 6) is 0.670. The van der Waals surface area contributed by atoms with Gasteiger partial charge in [-0.05, 0) is 51.0 Å². The Hall–Kier alpha value is -2.50. The number of amides is 2. The highest BCUT2D eigenvalue weighted by atomic mass is 16.5. The van der Waals surface area contributed by atoms with Crippen LogP contribution in [0, 0.1) is 6.92 Å². The fourth-order valence-electron chi connectivity index (χ4n) is 3.02. The van der Waals surface area contributed by atoms with Crippen molar-refractivity contribution in [3.05, 3.63) is 29.5 Å². The summed E-state index contributed by atoms with van der Waals surface area (Å²) in [6, 6.07) is 5.94. The van der Waals surface area contributed by atoms with Crippen molar-refractivity contribution in [3.63, 3.8) is 0 Å². The van der Waals surface area contributed by atoms with E-state index in [1.807, 2.05) is 43.5 Å². The molecule has 0 radical (unpaired) electrons. The number of aromatic nitrogens is 1. The second-order valence-electron chi connectivity index (χ2n) is 5.92. The Bertz CT molecular complexity index is 765. The van der Waals surface area contributed by atoms with Crippen molar-refractivity contribution in [1.29, 1.82) is 0 Å². The molecule has 2 N–H and O–H groups in total. The molecular formula is C19H27N3O3. The predicted molar refractivity (Wildman–Crippen MR) is 99.2 cm³/mol. The average molecular weight is 345 g/mol. The molecule has 1 aromatic carbocycles. The largest absolute Gasteiger partial charge is 0.494 e. The summed E-state index contributed by atoms with van der Waals surface area (Å²) in [6.07, 6.45) is 0.700. The van der Waals surface area contributed by atoms with Gasteiger partial charge in [-0.1, -0.05) is 0 Å². The lowest BCUT2D eigenvalue weighted by molar-refractivity contribution is -0.118. The molecule has 0 aliphatic heterocycles. The third-order valence-electron chi connectivity index (χ3n) is 4.14. The predicted octanol–water partition coefficient (Wildman–Crippen LogP) is 2.62. The van der Waals surface area contributed by atoms with E-state index in [-0.39, 0.29) is 11.8 Å². The van der Waals surface area contributed by atoms with Gasteiger partial charge in [-0.15, -0.1) is 0 Å². The van der Waals surface area contributed by atoms with Gasteiger partial charge in [-0.3, -0.25) is 9.59 Å². The number of rotatable bonds is 8. The molecule has 0 atom stereocenters. The average Bonchev–Trinajstić information content (AvgIpc) is 2.86. The minimum Gasteiger partial charge on any atom is -0.494 e. The molecule has 0 spiro atoms. The number of carbonyl (C=O) groups is 2. The van der Waals surface area contributed by atoms with E-state index in [2.05, 4.69) is 10.6 Å². The van der Waals surface area contributed by atoms with Gasteiger partial charge < -0.3 is 19.9 Å². The Morgan fingerprint density at radius 3 is 2.52 bits per heavy atom. The normalized spacial score (nSPS) is 10.7. The van der Waals surface area contributed by atoms with Crippen molar-refractivity contribution in [2.24, 2.45) is 0 Å². The van der Waals surface area contributed by atoms with Crippen LogP contribution < -0.4 is 15.4 Å². The van der Waals surface area contributed by atoms with Gasteiger partial charge in [-0.2, -0.15) is 0 Å². The maximum Gasteiger partial charge on any atom is 0.268 e. The Kier molecular flexibility index (Phi) is 6.44. The van der Waals surface area contributed by atoms with E-state index >= 15 is 0 Å². The first-order chi connectivity index (χ1) is 12.0. The van der Waals surface area contributed by atoms with Crippen LogP contribution in [0.5, 0.6) is 5.75 Å². The third kappa shape index (κ3) is 4.32. The fourth-order valence-corrected chi connectivity index (χ4v) is 3.02. The monoisotopic (exact) mass is 345 g/mol. The summed E-state index contributed by atoms with van der Waals surface area (Å²) in [7, 11) is 0. The van der Waals surface area contributed by atoms with Gasteiger partial charge >= 0.3 is 0 Å². The summed E-state index contributed by atoms with van der Waals surface area (Å²) in [4.78, 5) is 23.5. The van der Waals surface area contributed by atoms with Crippen LogP contribution in [0.4, 0.5) is 0 Å². The Labute approximate surface area is 148 Å². The number of fused-ring (bicyclic) bond motifs is 1. The van der Waals surface area contributed by atoms with Crippen molar-refractivity contribution in [1.82, 2.24) is 15.2 Å². The van der Waals surface area contributed by atoms with Gasteiger partial charge in [0.05, 0.1) is 6.61 Å². The summed E-state index contributed by atoms with van der Waals surface area (Å²) in [6.45, 7) is 9.84. The summed E-state index contributed by atoms with van der Waals surface area (Å²) >= 11 is 0. The van der Waals surface area contributed by atoms with E-state index in [4.69, 9.17) is 4.74 Å². The molecule has 6 heteroatoms. The second kappa shape index (κ2) is 8.55. The first-order valence-corrected chi connectivity index (χ1v) is 8.77. The third-order valence-corrected chi connectivity index (χ3v) is 4.14. The number of benzene rings is 1. The second-order valence-corrected chi connectivity index (χ2v) is 5.92. The van der Waals surface area contributed by atoms with Crippen LogP contribution in [0.1, 0.15) is 43.2 Å². The lowest BCUT2D eigenvalue weighted by Crippen LogP contribution is -2.30. The molecule has 136 valence electrons. The highest BCUT2D eigenvalue weighted by Gasteiger charge is 2.19. The van der Waals surface area contributed by atoms with Crippen molar-refractivity contribution < 1.29 is 14.3 Å². The molecule has 25 heavy (non-hydrogen) atoms. The molecule has 2 rings (SSSR count). The Balaban J connectivity index is 2.19. The molecule has 1 aromatic heterocycles. The van der Waals surface area contributed by atoms with Crippen LogP contribution in [0.2, 0.25) is 0 Å². The lowest BCUT2D eigenvalue weighted by atomic mass is 10.1. The zero-order valence-corrected chi connectivity index (χ0v) is 15.4. The van der Waals surface area contributed by atoms with Gasteiger partial charge in [0.1, 0.15) is 11.4 Å². The summed E-state index contributed by atoms with van der Waals surface area (Å²) in [5.41, 5.74) is 2.68. The van der Waals surface area contributed by atoms with Crippen molar-refractivity contribution in [3.8, 4) is 5.75 Å². The quantitative estimate of drug-likeness (QED) is 0.723. The van der Waals surface area contributed by atoms with Crippen molar-refractivity contribution in [2.45, 2.75) is 40.7 Å². The number of nitrogens with zero attached hydrogens (tertiary/aromatic N) is 1. The Morgan fingerprint density at radius 2 is 1.88 bits per heavy atom. The van der Waals surface area contributed by atoms with Gasteiger partial charge in [0.25, 0.3) is 5.91 Å². The minimum absolute atomic E-state index is 0.0571. The first-order valence-electron chi connectivity index (χ1n) is 8.77. The number of nitrogens with one attached hydrogen (secondary N) is 2.